The van der Waals surface area contributed by atoms with E-state index in [1.54, 1.807) is 71.6 Å². The Morgan fingerprint density at radius 3 is 2.44 bits per heavy atom. The van der Waals surface area contributed by atoms with Crippen molar-refractivity contribution in [2.45, 2.75) is 0 Å². The number of nitrogens with one attached hydrogen (secondary N) is 2. The summed E-state index contributed by atoms with van der Waals surface area (Å²) in [5.41, 5.74) is 1.45. The summed E-state index contributed by atoms with van der Waals surface area (Å²) in [6, 6.07) is 16.5. The SMILES string of the molecule is COCC(=O)Nc1cccc(NC(=O)c2cnn(-c3ccccc3F)c2-n2cccc2)c1. The van der Waals surface area contributed by atoms with E-state index in [4.69, 9.17) is 4.74 Å². The summed E-state index contributed by atoms with van der Waals surface area (Å²) in [4.78, 5) is 24.9. The van der Waals surface area contributed by atoms with Gasteiger partial charge in [-0.3, -0.25) is 9.59 Å². The molecule has 0 radical (unpaired) electrons. The second kappa shape index (κ2) is 9.27. The first-order valence-electron chi connectivity index (χ1n) is 9.73. The van der Waals surface area contributed by atoms with Crippen molar-refractivity contribution in [1.29, 1.82) is 0 Å². The summed E-state index contributed by atoms with van der Waals surface area (Å²) in [5, 5.41) is 9.76. The van der Waals surface area contributed by atoms with E-state index >= 15 is 0 Å². The Kier molecular flexibility index (Phi) is 6.09. The number of carbonyl (C=O) groups is 2. The minimum absolute atomic E-state index is 0.0773. The van der Waals surface area contributed by atoms with E-state index < -0.39 is 11.7 Å². The fourth-order valence-corrected chi connectivity index (χ4v) is 3.23. The largest absolute Gasteiger partial charge is 0.375 e. The summed E-state index contributed by atoms with van der Waals surface area (Å²) in [7, 11) is 1.43. The number of ether oxygens (including phenoxy) is 1. The molecule has 2 N–H and O–H groups in total. The molecule has 9 heteroatoms. The van der Waals surface area contributed by atoms with Gasteiger partial charge in [-0.25, -0.2) is 9.07 Å². The molecule has 8 nitrogen and oxygen atoms in total. The zero-order valence-electron chi connectivity index (χ0n) is 17.2. The van der Waals surface area contributed by atoms with Crippen molar-refractivity contribution in [3.8, 4) is 11.5 Å². The average molecular weight is 433 g/mol. The maximum atomic E-state index is 14.4. The fraction of sp³-hybridized carbons (Fsp3) is 0.0870. The van der Waals surface area contributed by atoms with Crippen molar-refractivity contribution in [3.05, 3.63) is 90.6 Å². The highest BCUT2D eigenvalue weighted by Crippen LogP contribution is 2.23. The standard InChI is InChI=1S/C23H20FN5O3/c1-32-15-21(30)26-16-7-6-8-17(13-16)27-22(31)18-14-25-29(20-10-3-2-9-19(20)24)23(18)28-11-4-5-12-28/h2-14H,15H2,1H3,(H,26,30)(H,27,31). The molecule has 0 bridgehead atoms. The monoisotopic (exact) mass is 433 g/mol. The molecule has 0 atom stereocenters. The highest BCUT2D eigenvalue weighted by atomic mass is 19.1. The molecule has 2 aromatic carbocycles. The van der Waals surface area contributed by atoms with Crippen LogP contribution in [0.15, 0.2) is 79.3 Å². The fourth-order valence-electron chi connectivity index (χ4n) is 3.23. The molecule has 0 spiro atoms. The molecule has 0 aliphatic rings. The molecule has 0 aliphatic carbocycles. The lowest BCUT2D eigenvalue weighted by Crippen LogP contribution is -2.18. The summed E-state index contributed by atoms with van der Waals surface area (Å²) in [5.74, 6) is -0.814. The van der Waals surface area contributed by atoms with Gasteiger partial charge in [-0.15, -0.1) is 0 Å². The number of hydrogen-bond donors (Lipinski definition) is 2. The van der Waals surface area contributed by atoms with Gasteiger partial charge in [0, 0.05) is 30.9 Å². The van der Waals surface area contributed by atoms with Gasteiger partial charge in [0.2, 0.25) is 5.91 Å². The quantitative estimate of drug-likeness (QED) is 0.466. The zero-order chi connectivity index (χ0) is 22.5. The van der Waals surface area contributed by atoms with Gasteiger partial charge >= 0.3 is 0 Å². The summed E-state index contributed by atoms with van der Waals surface area (Å²) in [6.07, 6.45) is 4.88. The molecule has 32 heavy (non-hydrogen) atoms. The molecule has 2 heterocycles. The average Bonchev–Trinajstić information content (AvgIpc) is 3.44. The van der Waals surface area contributed by atoms with E-state index in [-0.39, 0.29) is 23.8 Å². The molecule has 0 aliphatic heterocycles. The van der Waals surface area contributed by atoms with Crippen molar-refractivity contribution in [2.75, 3.05) is 24.4 Å². The van der Waals surface area contributed by atoms with Gasteiger partial charge in [0.25, 0.3) is 5.91 Å². The van der Waals surface area contributed by atoms with Crippen LogP contribution in [0.2, 0.25) is 0 Å². The maximum Gasteiger partial charge on any atom is 0.261 e. The number of para-hydroxylation sites is 1. The summed E-state index contributed by atoms with van der Waals surface area (Å²) < 4.78 is 22.3. The van der Waals surface area contributed by atoms with E-state index in [9.17, 15) is 14.0 Å². The van der Waals surface area contributed by atoms with Crippen LogP contribution in [-0.4, -0.2) is 39.9 Å². The van der Waals surface area contributed by atoms with Crippen molar-refractivity contribution in [2.24, 2.45) is 0 Å². The number of aromatic nitrogens is 3. The molecule has 162 valence electrons. The van der Waals surface area contributed by atoms with Crippen LogP contribution in [0.5, 0.6) is 0 Å². The highest BCUT2D eigenvalue weighted by molar-refractivity contribution is 6.06. The molecule has 0 saturated heterocycles. The predicted octanol–water partition coefficient (Wildman–Crippen LogP) is 3.64. The number of halogens is 1. The number of hydrogen-bond acceptors (Lipinski definition) is 4. The Hall–Kier alpha value is -4.24. The number of rotatable bonds is 7. The molecular formula is C23H20FN5O3. The third-order valence-corrected chi connectivity index (χ3v) is 4.60. The zero-order valence-corrected chi connectivity index (χ0v) is 17.2. The van der Waals surface area contributed by atoms with Crippen LogP contribution in [0.3, 0.4) is 0 Å². The second-order valence-corrected chi connectivity index (χ2v) is 6.85. The number of anilines is 2. The highest BCUT2D eigenvalue weighted by Gasteiger charge is 2.21. The minimum Gasteiger partial charge on any atom is -0.375 e. The van der Waals surface area contributed by atoms with Crippen LogP contribution in [0, 0.1) is 5.82 Å². The second-order valence-electron chi connectivity index (χ2n) is 6.85. The van der Waals surface area contributed by atoms with Gasteiger partial charge < -0.3 is 19.9 Å². The van der Waals surface area contributed by atoms with Crippen LogP contribution in [0.25, 0.3) is 11.5 Å². The number of amides is 2. The maximum absolute atomic E-state index is 14.4. The number of nitrogens with zero attached hydrogens (tertiary/aromatic N) is 3. The van der Waals surface area contributed by atoms with Crippen molar-refractivity contribution >= 4 is 23.2 Å². The van der Waals surface area contributed by atoms with E-state index in [1.165, 1.54) is 24.1 Å². The van der Waals surface area contributed by atoms with E-state index in [1.807, 2.05) is 0 Å². The summed E-state index contributed by atoms with van der Waals surface area (Å²) >= 11 is 0. The lowest BCUT2D eigenvalue weighted by Gasteiger charge is -2.12. The molecule has 4 aromatic rings. The first kappa shape index (κ1) is 21.0. The van der Waals surface area contributed by atoms with Gasteiger partial charge in [0.15, 0.2) is 5.82 Å². The van der Waals surface area contributed by atoms with Gasteiger partial charge in [0.05, 0.1) is 6.20 Å². The Balaban J connectivity index is 1.65. The van der Waals surface area contributed by atoms with Gasteiger partial charge in [-0.1, -0.05) is 18.2 Å². The summed E-state index contributed by atoms with van der Waals surface area (Å²) in [6.45, 7) is -0.0773. The van der Waals surface area contributed by atoms with Crippen LogP contribution in [0.4, 0.5) is 15.8 Å². The van der Waals surface area contributed by atoms with E-state index in [0.717, 1.165) is 0 Å². The number of carbonyl (C=O) groups excluding carboxylic acids is 2. The Morgan fingerprint density at radius 2 is 1.72 bits per heavy atom. The molecule has 4 rings (SSSR count). The van der Waals surface area contributed by atoms with Gasteiger partial charge in [-0.05, 0) is 42.5 Å². The van der Waals surface area contributed by atoms with Crippen molar-refractivity contribution < 1.29 is 18.7 Å². The predicted molar refractivity (Wildman–Crippen MR) is 118 cm³/mol. The molecule has 0 saturated carbocycles. The topological polar surface area (TPSA) is 90.2 Å². The van der Waals surface area contributed by atoms with E-state index in [0.29, 0.717) is 17.2 Å². The van der Waals surface area contributed by atoms with Gasteiger partial charge in [0.1, 0.15) is 23.7 Å². The van der Waals surface area contributed by atoms with Crippen LogP contribution in [0.1, 0.15) is 10.4 Å². The number of methoxy groups -OCH3 is 1. The van der Waals surface area contributed by atoms with Gasteiger partial charge in [-0.2, -0.15) is 5.10 Å². The molecule has 0 fully saturated rings. The third-order valence-electron chi connectivity index (χ3n) is 4.60. The van der Waals surface area contributed by atoms with E-state index in [2.05, 4.69) is 15.7 Å². The minimum atomic E-state index is -0.463. The Morgan fingerprint density at radius 1 is 1.00 bits per heavy atom. The van der Waals surface area contributed by atoms with Crippen LogP contribution in [-0.2, 0) is 9.53 Å². The lowest BCUT2D eigenvalue weighted by atomic mass is 10.2. The van der Waals surface area contributed by atoms with Crippen LogP contribution < -0.4 is 10.6 Å². The van der Waals surface area contributed by atoms with Crippen molar-refractivity contribution in [3.63, 3.8) is 0 Å². The third kappa shape index (κ3) is 4.42. The normalized spacial score (nSPS) is 10.7. The molecule has 0 unspecified atom stereocenters. The molecule has 2 aromatic heterocycles. The van der Waals surface area contributed by atoms with Crippen molar-refractivity contribution in [1.82, 2.24) is 14.3 Å². The lowest BCUT2D eigenvalue weighted by molar-refractivity contribution is -0.119. The first-order chi connectivity index (χ1) is 15.6. The van der Waals surface area contributed by atoms with Crippen LogP contribution >= 0.6 is 0 Å². The first-order valence-corrected chi connectivity index (χ1v) is 9.73. The molecular weight excluding hydrogens is 413 g/mol. The number of benzene rings is 2. The molecule has 2 amide bonds. The smallest absolute Gasteiger partial charge is 0.261 e. The Bertz CT molecular complexity index is 1250. The Labute approximate surface area is 183 Å².